The molecule has 2 aliphatic rings. The molecule has 0 spiro atoms. The second-order valence-corrected chi connectivity index (χ2v) is 9.45. The van der Waals surface area contributed by atoms with Gasteiger partial charge < -0.3 is 14.4 Å². The molecular formula is C22H32N4OS. The number of amides is 1. The van der Waals surface area contributed by atoms with Crippen molar-refractivity contribution >= 4 is 17.2 Å². The van der Waals surface area contributed by atoms with Gasteiger partial charge in [-0.1, -0.05) is 0 Å². The molecule has 4 rings (SSSR count). The van der Waals surface area contributed by atoms with Crippen LogP contribution in [0, 0.1) is 0 Å². The number of aryl methyl sites for hydroxylation is 2. The van der Waals surface area contributed by atoms with E-state index in [-0.39, 0.29) is 5.91 Å². The Kier molecular flexibility index (Phi) is 6.16. The highest BCUT2D eigenvalue weighted by Crippen LogP contribution is 2.33. The van der Waals surface area contributed by atoms with Crippen molar-refractivity contribution in [3.63, 3.8) is 0 Å². The number of thiophene rings is 1. The van der Waals surface area contributed by atoms with Crippen molar-refractivity contribution in [2.75, 3.05) is 33.7 Å². The van der Waals surface area contributed by atoms with Gasteiger partial charge in [0, 0.05) is 48.2 Å². The van der Waals surface area contributed by atoms with Gasteiger partial charge in [0.1, 0.15) is 5.82 Å². The van der Waals surface area contributed by atoms with E-state index in [1.807, 2.05) is 6.20 Å². The number of likely N-dealkylation sites (tertiary alicyclic amines) is 1. The maximum Gasteiger partial charge on any atom is 0.255 e. The van der Waals surface area contributed by atoms with Crippen molar-refractivity contribution in [2.24, 2.45) is 0 Å². The molecule has 0 unspecified atom stereocenters. The number of nitrogens with zero attached hydrogens (tertiary/aromatic N) is 4. The molecule has 5 nitrogen and oxygen atoms in total. The Labute approximate surface area is 172 Å². The van der Waals surface area contributed by atoms with Crippen molar-refractivity contribution in [3.8, 4) is 0 Å². The molecule has 0 saturated carbocycles. The fourth-order valence-electron chi connectivity index (χ4n) is 4.64. The first-order chi connectivity index (χ1) is 13.6. The molecule has 3 heterocycles. The maximum absolute atomic E-state index is 13.3. The summed E-state index contributed by atoms with van der Waals surface area (Å²) in [6.07, 6.45) is 12.0. The van der Waals surface area contributed by atoms with Crippen LogP contribution in [0.1, 0.15) is 64.6 Å². The molecule has 1 atom stereocenters. The Balaban J connectivity index is 1.44. The summed E-state index contributed by atoms with van der Waals surface area (Å²) in [5, 5.41) is 2.12. The number of hydrogen-bond donors (Lipinski definition) is 0. The molecule has 0 radical (unpaired) electrons. The number of aromatic nitrogens is 2. The molecule has 1 fully saturated rings. The average Bonchev–Trinajstić information content (AvgIpc) is 3.34. The Morgan fingerprint density at radius 3 is 3.00 bits per heavy atom. The lowest BCUT2D eigenvalue weighted by Crippen LogP contribution is -2.40. The van der Waals surface area contributed by atoms with Crippen LogP contribution in [-0.2, 0) is 19.4 Å². The van der Waals surface area contributed by atoms with Crippen LogP contribution in [0.5, 0.6) is 0 Å². The summed E-state index contributed by atoms with van der Waals surface area (Å²) >= 11 is 1.79. The molecule has 0 bridgehead atoms. The Bertz CT molecular complexity index is 809. The highest BCUT2D eigenvalue weighted by Gasteiger charge is 2.30. The summed E-state index contributed by atoms with van der Waals surface area (Å²) < 4.78 is 2.30. The summed E-state index contributed by atoms with van der Waals surface area (Å²) in [7, 11) is 4.23. The van der Waals surface area contributed by atoms with Gasteiger partial charge in [-0.3, -0.25) is 4.79 Å². The van der Waals surface area contributed by atoms with Gasteiger partial charge in [0.2, 0.25) is 0 Å². The second kappa shape index (κ2) is 8.78. The summed E-state index contributed by atoms with van der Waals surface area (Å²) in [6.45, 7) is 3.75. The normalized spacial score (nSPS) is 19.8. The number of carbonyl (C=O) groups excluding carboxylic acids is 1. The number of fused-ring (bicyclic) bond motifs is 1. The van der Waals surface area contributed by atoms with Gasteiger partial charge in [-0.2, -0.15) is 0 Å². The van der Waals surface area contributed by atoms with Crippen LogP contribution in [0.15, 0.2) is 17.8 Å². The van der Waals surface area contributed by atoms with Crippen molar-refractivity contribution in [1.29, 1.82) is 0 Å². The minimum absolute atomic E-state index is 0.245. The molecule has 2 aromatic rings. The van der Waals surface area contributed by atoms with Gasteiger partial charge in [-0.15, -0.1) is 11.3 Å². The van der Waals surface area contributed by atoms with Gasteiger partial charge in [0.05, 0.1) is 5.56 Å². The number of imidazole rings is 1. The topological polar surface area (TPSA) is 41.4 Å². The van der Waals surface area contributed by atoms with E-state index in [4.69, 9.17) is 0 Å². The molecule has 0 aromatic carbocycles. The second-order valence-electron chi connectivity index (χ2n) is 8.48. The first-order valence-electron chi connectivity index (χ1n) is 10.7. The zero-order valence-electron chi connectivity index (χ0n) is 17.2. The zero-order chi connectivity index (χ0) is 19.5. The van der Waals surface area contributed by atoms with Crippen LogP contribution in [0.25, 0.3) is 0 Å². The van der Waals surface area contributed by atoms with Crippen molar-refractivity contribution in [2.45, 2.75) is 57.4 Å². The quantitative estimate of drug-likeness (QED) is 0.741. The van der Waals surface area contributed by atoms with E-state index in [1.165, 1.54) is 23.3 Å². The summed E-state index contributed by atoms with van der Waals surface area (Å²) in [5.41, 5.74) is 2.32. The Morgan fingerprint density at radius 2 is 2.14 bits per heavy atom. The first kappa shape index (κ1) is 19.6. The monoisotopic (exact) mass is 400 g/mol. The van der Waals surface area contributed by atoms with E-state index in [0.717, 1.165) is 69.7 Å². The summed E-state index contributed by atoms with van der Waals surface area (Å²) in [5.74, 6) is 1.75. The molecule has 2 aromatic heterocycles. The standard InChI is InChI=1S/C22H32N4OS/c1-24(2)11-6-13-25-14-10-23-21(25)17-7-5-12-26(15-17)22(27)19-16-28-20-9-4-3-8-18(19)20/h10,14,16-17H,3-9,11-13,15H2,1-2H3/t17-/m1/s1. The molecule has 28 heavy (non-hydrogen) atoms. The minimum atomic E-state index is 0.245. The van der Waals surface area contributed by atoms with E-state index in [1.54, 1.807) is 11.3 Å². The third-order valence-electron chi connectivity index (χ3n) is 6.12. The zero-order valence-corrected chi connectivity index (χ0v) is 18.0. The fraction of sp³-hybridized carbons (Fsp3) is 0.636. The van der Waals surface area contributed by atoms with Gasteiger partial charge >= 0.3 is 0 Å². The minimum Gasteiger partial charge on any atom is -0.338 e. The smallest absolute Gasteiger partial charge is 0.255 e. The van der Waals surface area contributed by atoms with Crippen LogP contribution in [-0.4, -0.2) is 59.0 Å². The lowest BCUT2D eigenvalue weighted by atomic mass is 9.93. The molecule has 1 aliphatic carbocycles. The molecule has 152 valence electrons. The van der Waals surface area contributed by atoms with E-state index in [0.29, 0.717) is 5.92 Å². The van der Waals surface area contributed by atoms with Crippen LogP contribution in [0.3, 0.4) is 0 Å². The third-order valence-corrected chi connectivity index (χ3v) is 7.21. The van der Waals surface area contributed by atoms with Crippen LogP contribution in [0.2, 0.25) is 0 Å². The fourth-order valence-corrected chi connectivity index (χ4v) is 5.76. The van der Waals surface area contributed by atoms with E-state index < -0.39 is 0 Å². The molecular weight excluding hydrogens is 368 g/mol. The highest BCUT2D eigenvalue weighted by molar-refractivity contribution is 7.10. The van der Waals surface area contributed by atoms with Gasteiger partial charge in [-0.25, -0.2) is 4.98 Å². The highest BCUT2D eigenvalue weighted by atomic mass is 32.1. The molecule has 1 aliphatic heterocycles. The Hall–Kier alpha value is -1.66. The summed E-state index contributed by atoms with van der Waals surface area (Å²) in [6, 6.07) is 0. The number of piperidine rings is 1. The lowest BCUT2D eigenvalue weighted by Gasteiger charge is -2.33. The molecule has 1 saturated heterocycles. The van der Waals surface area contributed by atoms with E-state index >= 15 is 0 Å². The van der Waals surface area contributed by atoms with Gasteiger partial charge in [0.25, 0.3) is 5.91 Å². The van der Waals surface area contributed by atoms with Crippen molar-refractivity contribution < 1.29 is 4.79 Å². The van der Waals surface area contributed by atoms with Crippen LogP contribution in [0.4, 0.5) is 0 Å². The van der Waals surface area contributed by atoms with Crippen LogP contribution < -0.4 is 0 Å². The lowest BCUT2D eigenvalue weighted by molar-refractivity contribution is 0.0702. The maximum atomic E-state index is 13.3. The summed E-state index contributed by atoms with van der Waals surface area (Å²) in [4.78, 5) is 23.7. The van der Waals surface area contributed by atoms with E-state index in [2.05, 4.69) is 45.0 Å². The van der Waals surface area contributed by atoms with Crippen molar-refractivity contribution in [1.82, 2.24) is 19.4 Å². The SMILES string of the molecule is CN(C)CCCn1ccnc1[C@@H]1CCCN(C(=O)c2csc3c2CCCC3)C1. The molecule has 6 heteroatoms. The van der Waals surface area contributed by atoms with Gasteiger partial charge in [-0.05, 0) is 71.1 Å². The number of hydrogen-bond acceptors (Lipinski definition) is 4. The predicted molar refractivity (Wildman–Crippen MR) is 114 cm³/mol. The average molecular weight is 401 g/mol. The van der Waals surface area contributed by atoms with E-state index in [9.17, 15) is 4.79 Å². The first-order valence-corrected chi connectivity index (χ1v) is 11.6. The molecule has 1 amide bonds. The van der Waals surface area contributed by atoms with Crippen LogP contribution >= 0.6 is 11.3 Å². The number of carbonyl (C=O) groups is 1. The predicted octanol–water partition coefficient (Wildman–Crippen LogP) is 3.79. The third kappa shape index (κ3) is 4.18. The number of rotatable bonds is 6. The Morgan fingerprint density at radius 1 is 1.29 bits per heavy atom. The largest absolute Gasteiger partial charge is 0.338 e. The molecule has 0 N–H and O–H groups in total. The van der Waals surface area contributed by atoms with Gasteiger partial charge in [0.15, 0.2) is 0 Å². The van der Waals surface area contributed by atoms with Crippen molar-refractivity contribution in [3.05, 3.63) is 39.6 Å².